The molecule has 1 aliphatic heterocycles. The Bertz CT molecular complexity index is 1610. The number of benzene rings is 2. The largest absolute Gasteiger partial charge is 0.383 e. The number of aromatic nitrogens is 4. The zero-order valence-electron chi connectivity index (χ0n) is 22.8. The smallest absolute Gasteiger partial charge is 0.131 e. The second-order valence-corrected chi connectivity index (χ2v) is 11.7. The predicted molar refractivity (Wildman–Crippen MR) is 152 cm³/mol. The number of aliphatic hydroxyl groups is 1. The fraction of sp³-hybridized carbons (Fsp3) is 0.357. The van der Waals surface area contributed by atoms with Gasteiger partial charge in [0, 0.05) is 28.8 Å². The Morgan fingerprint density at radius 1 is 1.26 bits per heavy atom. The first-order chi connectivity index (χ1) is 18.9. The van der Waals surface area contributed by atoms with Gasteiger partial charge in [-0.1, -0.05) is 67.4 Å². The van der Waals surface area contributed by atoms with Crippen LogP contribution in [0, 0.1) is 16.7 Å². The van der Waals surface area contributed by atoms with Gasteiger partial charge in [0.15, 0.2) is 0 Å². The summed E-state index contributed by atoms with van der Waals surface area (Å²) in [4.78, 5) is 4.43. The van der Waals surface area contributed by atoms with Crippen molar-refractivity contribution < 1.29 is 11.2 Å². The SMILES string of the molecule is [2H]C(Nc1cc(Cl)c2ncc(C#N)c(NCC(C)(C)C)c2c1)(c1cn(CC2(O)COC2)nn1)c1ccccc1Cl. The average molecular weight is 567 g/mol. The Hall–Kier alpha value is -3.42. The third-order valence-corrected chi connectivity index (χ3v) is 6.86. The van der Waals surface area contributed by atoms with E-state index in [2.05, 4.69) is 52.8 Å². The van der Waals surface area contributed by atoms with Crippen LogP contribution in [0.2, 0.25) is 10.0 Å². The summed E-state index contributed by atoms with van der Waals surface area (Å²) >= 11 is 13.3. The maximum absolute atomic E-state index is 10.5. The molecule has 5 rings (SSSR count). The monoisotopic (exact) mass is 566 g/mol. The van der Waals surface area contributed by atoms with E-state index in [1.807, 2.05) is 0 Å². The molecular weight excluding hydrogens is 537 g/mol. The van der Waals surface area contributed by atoms with Crippen molar-refractivity contribution in [2.45, 2.75) is 38.9 Å². The van der Waals surface area contributed by atoms with E-state index >= 15 is 0 Å². The molecule has 2 aromatic heterocycles. The van der Waals surface area contributed by atoms with Crippen LogP contribution in [-0.2, 0) is 11.3 Å². The number of nitrogens with zero attached hydrogens (tertiary/aromatic N) is 5. The van der Waals surface area contributed by atoms with Crippen molar-refractivity contribution in [3.05, 3.63) is 75.7 Å². The van der Waals surface area contributed by atoms with Crippen molar-refractivity contribution in [2.24, 2.45) is 5.41 Å². The molecule has 0 radical (unpaired) electrons. The number of hydrogen-bond donors (Lipinski definition) is 3. The summed E-state index contributed by atoms with van der Waals surface area (Å²) < 4.78 is 16.3. The van der Waals surface area contributed by atoms with Gasteiger partial charge in [0.05, 0.1) is 55.1 Å². The van der Waals surface area contributed by atoms with Crippen LogP contribution in [0.3, 0.4) is 0 Å². The second-order valence-electron chi connectivity index (χ2n) is 10.9. The Balaban J connectivity index is 1.60. The summed E-state index contributed by atoms with van der Waals surface area (Å²) in [6.45, 7) is 7.48. The number of nitrogens with one attached hydrogen (secondary N) is 2. The minimum absolute atomic E-state index is 0.0487. The summed E-state index contributed by atoms with van der Waals surface area (Å²) in [5.41, 5.74) is 1.64. The standard InChI is InChI=1S/C28H29Cl2N7O2/c1-27(2,3)13-33-24-17(10-31)11-32-25-20(24)8-18(9-22(25)30)34-26(19-6-4-5-7-21(19)29)23-12-37(36-35-23)14-28(38)15-39-16-28/h4-9,11-12,26,34,38H,13-16H2,1-3H3,(H,32,33)/i26D. The molecular formula is C28H29Cl2N7O2. The van der Waals surface area contributed by atoms with E-state index in [1.54, 1.807) is 42.6 Å². The molecule has 0 spiro atoms. The van der Waals surface area contributed by atoms with Gasteiger partial charge in [-0.05, 0) is 29.2 Å². The fourth-order valence-corrected chi connectivity index (χ4v) is 4.76. The topological polar surface area (TPSA) is 121 Å². The van der Waals surface area contributed by atoms with E-state index in [4.69, 9.17) is 27.9 Å². The van der Waals surface area contributed by atoms with Crippen molar-refractivity contribution in [2.75, 3.05) is 30.4 Å². The zero-order chi connectivity index (χ0) is 28.7. The van der Waals surface area contributed by atoms with E-state index in [9.17, 15) is 11.7 Å². The van der Waals surface area contributed by atoms with Crippen LogP contribution in [0.25, 0.3) is 10.9 Å². The van der Waals surface area contributed by atoms with Crippen molar-refractivity contribution in [3.8, 4) is 6.07 Å². The number of fused-ring (bicyclic) bond motifs is 1. The Morgan fingerprint density at radius 2 is 2.03 bits per heavy atom. The van der Waals surface area contributed by atoms with Gasteiger partial charge in [0.25, 0.3) is 0 Å². The summed E-state index contributed by atoms with van der Waals surface area (Å²) in [6.07, 6.45) is 3.11. The molecule has 1 atom stereocenters. The van der Waals surface area contributed by atoms with Gasteiger partial charge in [0.2, 0.25) is 0 Å². The second kappa shape index (κ2) is 10.6. The molecule has 39 heavy (non-hydrogen) atoms. The van der Waals surface area contributed by atoms with Crippen LogP contribution in [0.5, 0.6) is 0 Å². The quantitative estimate of drug-likeness (QED) is 0.258. The van der Waals surface area contributed by atoms with Crippen molar-refractivity contribution in [1.82, 2.24) is 20.0 Å². The zero-order valence-corrected chi connectivity index (χ0v) is 23.3. The lowest BCUT2D eigenvalue weighted by Crippen LogP contribution is -2.52. The van der Waals surface area contributed by atoms with Gasteiger partial charge < -0.3 is 20.5 Å². The Morgan fingerprint density at radius 3 is 2.69 bits per heavy atom. The molecule has 3 heterocycles. The third-order valence-electron chi connectivity index (χ3n) is 6.25. The minimum Gasteiger partial charge on any atom is -0.383 e. The number of pyridine rings is 1. The maximum atomic E-state index is 10.5. The molecule has 9 nitrogen and oxygen atoms in total. The number of nitriles is 1. The first-order valence-electron chi connectivity index (χ1n) is 12.9. The molecule has 0 saturated carbocycles. The molecule has 0 bridgehead atoms. The highest BCUT2D eigenvalue weighted by Gasteiger charge is 2.37. The highest BCUT2D eigenvalue weighted by Crippen LogP contribution is 2.37. The lowest BCUT2D eigenvalue weighted by molar-refractivity contribution is -0.186. The van der Waals surface area contributed by atoms with Crippen molar-refractivity contribution >= 4 is 45.5 Å². The fourth-order valence-electron chi connectivity index (χ4n) is 4.26. The third kappa shape index (κ3) is 5.94. The Labute approximate surface area is 238 Å². The molecule has 2 aromatic carbocycles. The molecule has 1 saturated heterocycles. The summed E-state index contributed by atoms with van der Waals surface area (Å²) in [5.74, 6) is 0. The van der Waals surface area contributed by atoms with E-state index in [-0.39, 0.29) is 30.9 Å². The van der Waals surface area contributed by atoms with E-state index in [1.165, 1.54) is 10.9 Å². The highest BCUT2D eigenvalue weighted by atomic mass is 35.5. The van der Waals surface area contributed by atoms with Crippen molar-refractivity contribution in [3.63, 3.8) is 0 Å². The number of rotatable bonds is 8. The molecule has 1 unspecified atom stereocenters. The highest BCUT2D eigenvalue weighted by molar-refractivity contribution is 6.36. The van der Waals surface area contributed by atoms with E-state index < -0.39 is 11.6 Å². The molecule has 0 amide bonds. The molecule has 1 fully saturated rings. The molecule has 202 valence electrons. The summed E-state index contributed by atoms with van der Waals surface area (Å²) in [6, 6.07) is 11.0. The lowest BCUT2D eigenvalue weighted by atomic mass is 9.96. The molecule has 3 N–H and O–H groups in total. The van der Waals surface area contributed by atoms with Gasteiger partial charge in [-0.15, -0.1) is 5.10 Å². The van der Waals surface area contributed by atoms with Gasteiger partial charge in [-0.2, -0.15) is 5.26 Å². The van der Waals surface area contributed by atoms with Crippen LogP contribution in [0.4, 0.5) is 11.4 Å². The van der Waals surface area contributed by atoms with Gasteiger partial charge in [0.1, 0.15) is 17.4 Å². The van der Waals surface area contributed by atoms with Crippen LogP contribution in [0.15, 0.2) is 48.8 Å². The lowest BCUT2D eigenvalue weighted by Gasteiger charge is -2.35. The predicted octanol–water partition coefficient (Wildman–Crippen LogP) is 5.43. The van der Waals surface area contributed by atoms with Gasteiger partial charge >= 0.3 is 0 Å². The minimum atomic E-state index is -1.69. The summed E-state index contributed by atoms with van der Waals surface area (Å²) in [7, 11) is 0. The normalized spacial score (nSPS) is 16.6. The Kier molecular flexibility index (Phi) is 7.04. The molecule has 1 aliphatic rings. The average Bonchev–Trinajstić information content (AvgIpc) is 3.35. The van der Waals surface area contributed by atoms with Crippen LogP contribution < -0.4 is 10.6 Å². The molecule has 11 heteroatoms. The van der Waals surface area contributed by atoms with Crippen LogP contribution in [-0.4, -0.2) is 50.4 Å². The van der Waals surface area contributed by atoms with E-state index in [0.717, 1.165) is 0 Å². The molecule has 4 aromatic rings. The number of halogens is 2. The number of anilines is 2. The van der Waals surface area contributed by atoms with Gasteiger partial charge in [-0.25, -0.2) is 4.68 Å². The van der Waals surface area contributed by atoms with E-state index in [0.29, 0.717) is 50.0 Å². The maximum Gasteiger partial charge on any atom is 0.131 e. The first-order valence-corrected chi connectivity index (χ1v) is 13.2. The molecule has 0 aliphatic carbocycles. The first kappa shape index (κ1) is 25.8. The van der Waals surface area contributed by atoms with Gasteiger partial charge in [-0.3, -0.25) is 4.98 Å². The summed E-state index contributed by atoms with van der Waals surface area (Å²) in [5, 5.41) is 36.8. The number of ether oxygens (including phenoxy) is 1. The number of hydrogen-bond acceptors (Lipinski definition) is 8. The van der Waals surface area contributed by atoms with Crippen molar-refractivity contribution in [1.29, 1.82) is 5.26 Å². The van der Waals surface area contributed by atoms with Crippen LogP contribution >= 0.6 is 23.2 Å². The van der Waals surface area contributed by atoms with Crippen LogP contribution in [0.1, 0.15) is 45.0 Å².